The summed E-state index contributed by atoms with van der Waals surface area (Å²) in [5, 5.41) is 7.06. The molecule has 0 fully saturated rings. The molecule has 0 saturated carbocycles. The van der Waals surface area contributed by atoms with Crippen molar-refractivity contribution in [3.05, 3.63) is 45.2 Å². The summed E-state index contributed by atoms with van der Waals surface area (Å²) < 4.78 is 11.1. The Morgan fingerprint density at radius 1 is 1.62 bits per heavy atom. The summed E-state index contributed by atoms with van der Waals surface area (Å²) in [5.41, 5.74) is 0.0991. The molecule has 21 heavy (non-hydrogen) atoms. The van der Waals surface area contributed by atoms with E-state index in [0.717, 1.165) is 10.4 Å². The Bertz CT molecular complexity index is 681. The first-order valence-corrected chi connectivity index (χ1v) is 6.94. The predicted octanol–water partition coefficient (Wildman–Crippen LogP) is 1.94. The third-order valence-corrected chi connectivity index (χ3v) is 3.60. The van der Waals surface area contributed by atoms with Crippen molar-refractivity contribution in [2.24, 2.45) is 0 Å². The van der Waals surface area contributed by atoms with Crippen LogP contribution in [0.1, 0.15) is 18.7 Å². The van der Waals surface area contributed by atoms with Gasteiger partial charge in [0.25, 0.3) is 5.56 Å². The van der Waals surface area contributed by atoms with E-state index in [-0.39, 0.29) is 12.6 Å². The quantitative estimate of drug-likeness (QED) is 0.824. The molecule has 0 radical (unpaired) electrons. The summed E-state index contributed by atoms with van der Waals surface area (Å²) >= 11 is 3.22. The highest BCUT2D eigenvalue weighted by Crippen LogP contribution is 2.23. The second kappa shape index (κ2) is 6.57. The minimum absolute atomic E-state index is 0.131. The van der Waals surface area contributed by atoms with Gasteiger partial charge in [-0.2, -0.15) is 5.10 Å². The predicted molar refractivity (Wildman–Crippen MR) is 79.0 cm³/mol. The lowest BCUT2D eigenvalue weighted by molar-refractivity contribution is -0.141. The third kappa shape index (κ3) is 3.52. The van der Waals surface area contributed by atoms with Gasteiger partial charge in [-0.3, -0.25) is 9.59 Å². The molecule has 0 saturated heterocycles. The number of hydrogen-bond acceptors (Lipinski definition) is 6. The number of furan rings is 1. The van der Waals surface area contributed by atoms with Crippen LogP contribution in [0.15, 0.2) is 38.3 Å². The van der Waals surface area contributed by atoms with E-state index in [9.17, 15) is 9.59 Å². The largest absolute Gasteiger partial charge is 0.468 e. The van der Waals surface area contributed by atoms with Crippen LogP contribution in [-0.4, -0.2) is 22.9 Å². The third-order valence-electron chi connectivity index (χ3n) is 2.83. The molecule has 8 heteroatoms. The molecule has 7 nitrogen and oxygen atoms in total. The van der Waals surface area contributed by atoms with Gasteiger partial charge in [0, 0.05) is 0 Å². The molecule has 1 unspecified atom stereocenters. The van der Waals surface area contributed by atoms with Gasteiger partial charge in [-0.05, 0) is 35.0 Å². The van der Waals surface area contributed by atoms with E-state index < -0.39 is 11.5 Å². The number of hydrogen-bond donors (Lipinski definition) is 1. The Balaban J connectivity index is 2.21. The lowest BCUT2D eigenvalue weighted by atomic mass is 10.2. The standard InChI is InChI=1S/C13H14BrN3O4/c1-8(10-4-3-5-21-10)16-9-6-15-17(7-11(18)20-2)13(19)12(9)14/h3-6,8,16H,7H2,1-2H3. The number of halogens is 1. The second-order valence-electron chi connectivity index (χ2n) is 4.29. The normalized spacial score (nSPS) is 12.0. The van der Waals surface area contributed by atoms with Gasteiger partial charge in [-0.1, -0.05) is 0 Å². The van der Waals surface area contributed by atoms with Gasteiger partial charge >= 0.3 is 5.97 Å². The van der Waals surface area contributed by atoms with Crippen molar-refractivity contribution in [1.29, 1.82) is 0 Å². The Morgan fingerprint density at radius 2 is 2.38 bits per heavy atom. The minimum atomic E-state index is -0.541. The first-order valence-electron chi connectivity index (χ1n) is 6.15. The van der Waals surface area contributed by atoms with Gasteiger partial charge in [-0.15, -0.1) is 0 Å². The van der Waals surface area contributed by atoms with Gasteiger partial charge in [-0.25, -0.2) is 4.68 Å². The van der Waals surface area contributed by atoms with Crippen molar-refractivity contribution in [3.8, 4) is 0 Å². The maximum Gasteiger partial charge on any atom is 0.327 e. The van der Waals surface area contributed by atoms with Gasteiger partial charge in [0.15, 0.2) is 0 Å². The SMILES string of the molecule is COC(=O)Cn1ncc(NC(C)c2ccco2)c(Br)c1=O. The van der Waals surface area contributed by atoms with Gasteiger partial charge in [0.05, 0.1) is 31.3 Å². The molecule has 0 aliphatic heterocycles. The Labute approximate surface area is 129 Å². The lowest BCUT2D eigenvalue weighted by Gasteiger charge is -2.14. The van der Waals surface area contributed by atoms with Gasteiger partial charge in [0.2, 0.25) is 0 Å². The summed E-state index contributed by atoms with van der Waals surface area (Å²) in [4.78, 5) is 23.3. The highest BCUT2D eigenvalue weighted by atomic mass is 79.9. The number of anilines is 1. The first-order chi connectivity index (χ1) is 10.0. The fourth-order valence-electron chi connectivity index (χ4n) is 1.71. The molecule has 0 aliphatic carbocycles. The van der Waals surface area contributed by atoms with Crippen LogP contribution in [0.2, 0.25) is 0 Å². The molecule has 0 amide bonds. The molecule has 2 aromatic rings. The van der Waals surface area contributed by atoms with E-state index >= 15 is 0 Å². The minimum Gasteiger partial charge on any atom is -0.468 e. The molecular weight excluding hydrogens is 342 g/mol. The fraction of sp³-hybridized carbons (Fsp3) is 0.308. The van der Waals surface area contributed by atoms with Crippen molar-refractivity contribution in [3.63, 3.8) is 0 Å². The van der Waals surface area contributed by atoms with Crippen LogP contribution in [0.5, 0.6) is 0 Å². The number of nitrogens with one attached hydrogen (secondary N) is 1. The summed E-state index contributed by atoms with van der Waals surface area (Å²) in [6, 6.07) is 3.49. The molecule has 2 rings (SSSR count). The van der Waals surface area contributed by atoms with Crippen molar-refractivity contribution in [1.82, 2.24) is 9.78 Å². The van der Waals surface area contributed by atoms with Crippen LogP contribution >= 0.6 is 15.9 Å². The van der Waals surface area contributed by atoms with Gasteiger partial charge in [0.1, 0.15) is 16.8 Å². The summed E-state index contributed by atoms with van der Waals surface area (Å²) in [5.74, 6) is 0.196. The van der Waals surface area contributed by atoms with Crippen molar-refractivity contribution < 1.29 is 13.9 Å². The highest BCUT2D eigenvalue weighted by molar-refractivity contribution is 9.10. The van der Waals surface area contributed by atoms with Gasteiger partial charge < -0.3 is 14.5 Å². The Hall–Kier alpha value is -2.09. The van der Waals surface area contributed by atoms with E-state index in [1.165, 1.54) is 13.3 Å². The van der Waals surface area contributed by atoms with E-state index in [0.29, 0.717) is 10.2 Å². The average Bonchev–Trinajstić information content (AvgIpc) is 3.01. The highest BCUT2D eigenvalue weighted by Gasteiger charge is 2.15. The smallest absolute Gasteiger partial charge is 0.327 e. The average molecular weight is 356 g/mol. The number of ether oxygens (including phenoxy) is 1. The topological polar surface area (TPSA) is 86.4 Å². The van der Waals surface area contributed by atoms with Crippen LogP contribution in [0.25, 0.3) is 0 Å². The molecule has 0 aliphatic rings. The van der Waals surface area contributed by atoms with Crippen molar-refractivity contribution in [2.75, 3.05) is 12.4 Å². The molecule has 2 aromatic heterocycles. The van der Waals surface area contributed by atoms with Crippen LogP contribution < -0.4 is 10.9 Å². The summed E-state index contributed by atoms with van der Waals surface area (Å²) in [6.07, 6.45) is 3.04. The van der Waals surface area contributed by atoms with Crippen LogP contribution in [-0.2, 0) is 16.1 Å². The van der Waals surface area contributed by atoms with Crippen LogP contribution in [0.3, 0.4) is 0 Å². The van der Waals surface area contributed by atoms with Crippen LogP contribution in [0.4, 0.5) is 5.69 Å². The lowest BCUT2D eigenvalue weighted by Crippen LogP contribution is -2.28. The van der Waals surface area contributed by atoms with E-state index in [1.54, 1.807) is 12.3 Å². The number of methoxy groups -OCH3 is 1. The second-order valence-corrected chi connectivity index (χ2v) is 5.09. The number of carbonyl (C=O) groups is 1. The number of carbonyl (C=O) groups excluding carboxylic acids is 1. The number of aromatic nitrogens is 2. The number of nitrogens with zero attached hydrogens (tertiary/aromatic N) is 2. The molecular formula is C13H14BrN3O4. The van der Waals surface area contributed by atoms with Crippen LogP contribution in [0, 0.1) is 0 Å². The maximum atomic E-state index is 12.1. The molecule has 112 valence electrons. The molecule has 1 atom stereocenters. The molecule has 1 N–H and O–H groups in total. The summed E-state index contributed by atoms with van der Waals surface area (Å²) in [7, 11) is 1.25. The fourth-order valence-corrected chi connectivity index (χ4v) is 2.13. The molecule has 0 aromatic carbocycles. The number of rotatable bonds is 5. The zero-order chi connectivity index (χ0) is 15.4. The van der Waals surface area contributed by atoms with Crippen molar-refractivity contribution >= 4 is 27.6 Å². The zero-order valence-corrected chi connectivity index (χ0v) is 13.1. The van der Waals surface area contributed by atoms with E-state index in [1.807, 2.05) is 13.0 Å². The monoisotopic (exact) mass is 355 g/mol. The van der Waals surface area contributed by atoms with E-state index in [2.05, 4.69) is 31.1 Å². The zero-order valence-electron chi connectivity index (χ0n) is 11.5. The molecule has 2 heterocycles. The summed E-state index contributed by atoms with van der Waals surface area (Å²) in [6.45, 7) is 1.66. The Kier molecular flexibility index (Phi) is 4.79. The molecule has 0 bridgehead atoms. The Morgan fingerprint density at radius 3 is 3.00 bits per heavy atom. The first kappa shape index (κ1) is 15.3. The number of esters is 1. The van der Waals surface area contributed by atoms with E-state index in [4.69, 9.17) is 4.42 Å². The maximum absolute atomic E-state index is 12.1. The van der Waals surface area contributed by atoms with Crippen molar-refractivity contribution in [2.45, 2.75) is 19.5 Å². The molecule has 0 spiro atoms.